The summed E-state index contributed by atoms with van der Waals surface area (Å²) in [5.41, 5.74) is -0.0131. The van der Waals surface area contributed by atoms with Gasteiger partial charge in [0, 0.05) is 18.3 Å². The Hall–Kier alpha value is -3.45. The molecule has 1 aliphatic heterocycles. The van der Waals surface area contributed by atoms with Gasteiger partial charge in [-0.25, -0.2) is 22.8 Å². The van der Waals surface area contributed by atoms with Crippen LogP contribution < -0.4 is 5.32 Å². The molecule has 0 aliphatic carbocycles. The Labute approximate surface area is 198 Å². The Morgan fingerprint density at radius 1 is 1.09 bits per heavy atom. The number of carbonyl (C=O) groups is 1. The maximum absolute atomic E-state index is 13.2. The third-order valence-corrected chi connectivity index (χ3v) is 7.37. The van der Waals surface area contributed by atoms with Gasteiger partial charge >= 0.3 is 6.18 Å². The quantitative estimate of drug-likeness (QED) is 0.512. The molecule has 0 unspecified atom stereocenters. The van der Waals surface area contributed by atoms with E-state index in [1.54, 1.807) is 0 Å². The van der Waals surface area contributed by atoms with Crippen molar-refractivity contribution in [3.63, 3.8) is 0 Å². The summed E-state index contributed by atoms with van der Waals surface area (Å²) >= 11 is 0. The predicted octanol–water partition coefficient (Wildman–Crippen LogP) is 3.17. The van der Waals surface area contributed by atoms with Crippen molar-refractivity contribution in [3.05, 3.63) is 72.2 Å². The molecule has 0 bridgehead atoms. The van der Waals surface area contributed by atoms with E-state index in [9.17, 15) is 30.8 Å². The zero-order chi connectivity index (χ0) is 25.2. The molecular formula is C22H19F4N5O3S. The molecule has 3 heterocycles. The van der Waals surface area contributed by atoms with Crippen LogP contribution in [-0.4, -0.2) is 46.2 Å². The largest absolute Gasteiger partial charge is 0.433 e. The van der Waals surface area contributed by atoms with Crippen LogP contribution in [0, 0.1) is 5.82 Å². The Balaban J connectivity index is 1.44. The number of halogens is 4. The Morgan fingerprint density at radius 2 is 1.83 bits per heavy atom. The summed E-state index contributed by atoms with van der Waals surface area (Å²) < 4.78 is 78.3. The van der Waals surface area contributed by atoms with Gasteiger partial charge in [0.1, 0.15) is 23.9 Å². The molecule has 1 N–H and O–H groups in total. The van der Waals surface area contributed by atoms with Crippen molar-refractivity contribution >= 4 is 15.9 Å². The number of hydrogen-bond donors (Lipinski definition) is 1. The number of amides is 1. The van der Waals surface area contributed by atoms with Gasteiger partial charge in [0.25, 0.3) is 0 Å². The van der Waals surface area contributed by atoms with E-state index in [0.717, 1.165) is 40.8 Å². The van der Waals surface area contributed by atoms with Crippen molar-refractivity contribution in [2.75, 3.05) is 6.54 Å². The number of carbonyl (C=O) groups excluding carboxylic acids is 1. The fraction of sp³-hybridized carbons (Fsp3) is 0.273. The molecule has 184 valence electrons. The molecule has 1 amide bonds. The maximum atomic E-state index is 13.2. The third-order valence-electron chi connectivity index (χ3n) is 5.44. The molecule has 4 rings (SSSR count). The smallest absolute Gasteiger partial charge is 0.349 e. The average molecular weight is 509 g/mol. The number of aromatic nitrogens is 3. The second-order valence-electron chi connectivity index (χ2n) is 7.77. The van der Waals surface area contributed by atoms with E-state index >= 15 is 0 Å². The van der Waals surface area contributed by atoms with Gasteiger partial charge in [-0.15, -0.1) is 0 Å². The lowest BCUT2D eigenvalue weighted by atomic mass is 10.1. The molecule has 8 nitrogen and oxygen atoms in total. The van der Waals surface area contributed by atoms with Gasteiger partial charge < -0.3 is 5.32 Å². The van der Waals surface area contributed by atoms with Crippen LogP contribution in [0.15, 0.2) is 59.9 Å². The van der Waals surface area contributed by atoms with E-state index in [1.165, 1.54) is 18.5 Å². The van der Waals surface area contributed by atoms with Crippen LogP contribution >= 0.6 is 0 Å². The Kier molecular flexibility index (Phi) is 6.81. The van der Waals surface area contributed by atoms with Crippen LogP contribution in [0.5, 0.6) is 0 Å². The lowest BCUT2D eigenvalue weighted by Crippen LogP contribution is -2.45. The van der Waals surface area contributed by atoms with Gasteiger partial charge in [-0.1, -0.05) is 0 Å². The first kappa shape index (κ1) is 24.7. The van der Waals surface area contributed by atoms with Crippen molar-refractivity contribution in [1.82, 2.24) is 24.6 Å². The number of rotatable bonds is 6. The summed E-state index contributed by atoms with van der Waals surface area (Å²) in [6.07, 6.45) is -1.51. The average Bonchev–Trinajstić information content (AvgIpc) is 3.34. The number of nitrogens with zero attached hydrogens (tertiary/aromatic N) is 4. The molecule has 2 aromatic heterocycles. The number of pyridine rings is 1. The van der Waals surface area contributed by atoms with Crippen LogP contribution in [0.4, 0.5) is 17.6 Å². The zero-order valence-electron chi connectivity index (χ0n) is 18.0. The molecule has 3 aromatic rings. The number of benzene rings is 1. The van der Waals surface area contributed by atoms with Crippen molar-refractivity contribution in [2.45, 2.75) is 36.5 Å². The first-order valence-corrected chi connectivity index (χ1v) is 11.9. The minimum atomic E-state index is -4.56. The standard InChI is InChI=1S/C22H19F4N5O3S/c23-15-4-6-17(7-5-15)35(33,34)31-9-1-2-19(31)21(32)28-12-16-10-18(30-13-29-16)14-3-8-20(27-11-14)22(24,25)26/h3-8,10-11,13,19H,1-2,9,12H2,(H,28,32)/t19-/m0/s1. The summed E-state index contributed by atoms with van der Waals surface area (Å²) in [6, 6.07) is 7.00. The van der Waals surface area contributed by atoms with Crippen LogP contribution in [0.2, 0.25) is 0 Å². The summed E-state index contributed by atoms with van der Waals surface area (Å²) in [5, 5.41) is 2.65. The van der Waals surface area contributed by atoms with Crippen LogP contribution in [0.3, 0.4) is 0 Å². The lowest BCUT2D eigenvalue weighted by molar-refractivity contribution is -0.141. The topological polar surface area (TPSA) is 105 Å². The fourth-order valence-corrected chi connectivity index (χ4v) is 5.35. The number of nitrogens with one attached hydrogen (secondary N) is 1. The van der Waals surface area contributed by atoms with Crippen LogP contribution in [0.1, 0.15) is 24.2 Å². The Bertz CT molecular complexity index is 1320. The van der Waals surface area contributed by atoms with E-state index < -0.39 is 39.7 Å². The molecule has 0 spiro atoms. The van der Waals surface area contributed by atoms with Crippen LogP contribution in [-0.2, 0) is 27.5 Å². The van der Waals surface area contributed by atoms with Crippen molar-refractivity contribution < 1.29 is 30.8 Å². The highest BCUT2D eigenvalue weighted by Gasteiger charge is 2.39. The van der Waals surface area contributed by atoms with Gasteiger partial charge in [0.05, 0.1) is 22.8 Å². The molecule has 1 aliphatic rings. The number of hydrogen-bond acceptors (Lipinski definition) is 6. The molecule has 35 heavy (non-hydrogen) atoms. The first-order chi connectivity index (χ1) is 16.6. The fourth-order valence-electron chi connectivity index (χ4n) is 3.69. The monoisotopic (exact) mass is 509 g/mol. The second kappa shape index (κ2) is 9.66. The highest BCUT2D eigenvalue weighted by molar-refractivity contribution is 7.89. The predicted molar refractivity (Wildman–Crippen MR) is 115 cm³/mol. The van der Waals surface area contributed by atoms with Crippen molar-refractivity contribution in [2.24, 2.45) is 0 Å². The summed E-state index contributed by atoms with van der Waals surface area (Å²) in [6.45, 7) is 0.0969. The van der Waals surface area contributed by atoms with E-state index in [2.05, 4.69) is 20.3 Å². The lowest BCUT2D eigenvalue weighted by Gasteiger charge is -2.23. The van der Waals surface area contributed by atoms with E-state index in [0.29, 0.717) is 29.8 Å². The minimum absolute atomic E-state index is 0.0522. The molecule has 1 aromatic carbocycles. The zero-order valence-corrected chi connectivity index (χ0v) is 18.9. The third kappa shape index (κ3) is 5.46. The van der Waals surface area contributed by atoms with Gasteiger partial charge in [0.15, 0.2) is 0 Å². The van der Waals surface area contributed by atoms with Gasteiger partial charge in [-0.3, -0.25) is 9.78 Å². The maximum Gasteiger partial charge on any atom is 0.433 e. The molecule has 1 atom stereocenters. The highest BCUT2D eigenvalue weighted by atomic mass is 32.2. The highest BCUT2D eigenvalue weighted by Crippen LogP contribution is 2.29. The van der Waals surface area contributed by atoms with E-state index in [-0.39, 0.29) is 18.0 Å². The number of alkyl halides is 3. The molecule has 1 fully saturated rings. The van der Waals surface area contributed by atoms with E-state index in [4.69, 9.17) is 0 Å². The van der Waals surface area contributed by atoms with Gasteiger partial charge in [-0.05, 0) is 55.3 Å². The van der Waals surface area contributed by atoms with E-state index in [1.807, 2.05) is 0 Å². The molecule has 13 heteroatoms. The first-order valence-electron chi connectivity index (χ1n) is 10.5. The van der Waals surface area contributed by atoms with Gasteiger partial charge in [-0.2, -0.15) is 17.5 Å². The summed E-state index contributed by atoms with van der Waals surface area (Å²) in [7, 11) is -4.00. The minimum Gasteiger partial charge on any atom is -0.349 e. The summed E-state index contributed by atoms with van der Waals surface area (Å²) in [5.74, 6) is -1.10. The summed E-state index contributed by atoms with van der Waals surface area (Å²) in [4.78, 5) is 24.2. The molecule has 0 saturated carbocycles. The van der Waals surface area contributed by atoms with Gasteiger partial charge in [0.2, 0.25) is 15.9 Å². The molecular weight excluding hydrogens is 490 g/mol. The SMILES string of the molecule is O=C(NCc1cc(-c2ccc(C(F)(F)F)nc2)ncn1)[C@@H]1CCCN1S(=O)(=O)c1ccc(F)cc1. The normalized spacial score (nSPS) is 16.9. The number of sulfonamides is 1. The second-order valence-corrected chi connectivity index (χ2v) is 9.66. The van der Waals surface area contributed by atoms with Crippen LogP contribution in [0.25, 0.3) is 11.3 Å². The van der Waals surface area contributed by atoms with Crippen molar-refractivity contribution in [1.29, 1.82) is 0 Å². The molecule has 1 saturated heterocycles. The molecule has 0 radical (unpaired) electrons. The Morgan fingerprint density at radius 3 is 2.49 bits per heavy atom. The van der Waals surface area contributed by atoms with Crippen molar-refractivity contribution in [3.8, 4) is 11.3 Å².